The molecule has 110 valence electrons. The molecule has 1 aliphatic rings. The molecular weight excluding hydrogens is 258 g/mol. The van der Waals surface area contributed by atoms with Gasteiger partial charge in [0.25, 0.3) is 0 Å². The summed E-state index contributed by atoms with van der Waals surface area (Å²) in [7, 11) is 0. The molecule has 0 aromatic heterocycles. The lowest BCUT2D eigenvalue weighted by Crippen LogP contribution is -2.45. The van der Waals surface area contributed by atoms with E-state index in [0.717, 1.165) is 19.4 Å². The van der Waals surface area contributed by atoms with Crippen LogP contribution in [0.3, 0.4) is 0 Å². The Morgan fingerprint density at radius 3 is 2.10 bits per heavy atom. The number of hydrogen-bond donors (Lipinski definition) is 2. The van der Waals surface area contributed by atoms with Gasteiger partial charge in [-0.05, 0) is 29.5 Å². The summed E-state index contributed by atoms with van der Waals surface area (Å²) in [6, 6.07) is 19.1. The van der Waals surface area contributed by atoms with Gasteiger partial charge in [0.1, 0.15) is 0 Å². The predicted octanol–water partition coefficient (Wildman–Crippen LogP) is 3.75. The summed E-state index contributed by atoms with van der Waals surface area (Å²) in [5.41, 5.74) is 3.73. The van der Waals surface area contributed by atoms with Crippen LogP contribution < -0.4 is 5.32 Å². The Kier molecular flexibility index (Phi) is 4.37. The van der Waals surface area contributed by atoms with Crippen LogP contribution in [0.4, 0.5) is 0 Å². The van der Waals surface area contributed by atoms with Crippen molar-refractivity contribution < 1.29 is 5.11 Å². The van der Waals surface area contributed by atoms with Gasteiger partial charge in [-0.3, -0.25) is 0 Å². The monoisotopic (exact) mass is 281 g/mol. The largest absolute Gasteiger partial charge is 0.394 e. The van der Waals surface area contributed by atoms with E-state index in [1.165, 1.54) is 29.5 Å². The van der Waals surface area contributed by atoms with E-state index in [4.69, 9.17) is 0 Å². The molecule has 1 aliphatic carbocycles. The molecule has 0 bridgehead atoms. The van der Waals surface area contributed by atoms with Gasteiger partial charge in [0.05, 0.1) is 6.61 Å². The molecular formula is C19H23NO. The fourth-order valence-electron chi connectivity index (χ4n) is 3.18. The predicted molar refractivity (Wildman–Crippen MR) is 87.0 cm³/mol. The Morgan fingerprint density at radius 2 is 1.48 bits per heavy atom. The molecule has 1 saturated carbocycles. The third-order valence-electron chi connectivity index (χ3n) is 4.59. The molecule has 1 fully saturated rings. The van der Waals surface area contributed by atoms with Gasteiger partial charge in [0, 0.05) is 12.1 Å². The molecule has 0 saturated heterocycles. The smallest absolute Gasteiger partial charge is 0.0613 e. The number of rotatable bonds is 5. The van der Waals surface area contributed by atoms with E-state index in [0.29, 0.717) is 0 Å². The summed E-state index contributed by atoms with van der Waals surface area (Å²) in [6.45, 7) is 1.07. The molecule has 2 N–H and O–H groups in total. The normalized spacial score (nSPS) is 17.0. The number of aliphatic hydroxyl groups excluding tert-OH is 1. The van der Waals surface area contributed by atoms with E-state index in [-0.39, 0.29) is 12.1 Å². The fourth-order valence-corrected chi connectivity index (χ4v) is 3.18. The number of nitrogens with one attached hydrogen (secondary N) is 1. The van der Waals surface area contributed by atoms with Crippen molar-refractivity contribution in [3.05, 3.63) is 60.2 Å². The van der Waals surface area contributed by atoms with Crippen LogP contribution in [0.2, 0.25) is 0 Å². The minimum Gasteiger partial charge on any atom is -0.394 e. The molecule has 2 aromatic carbocycles. The second kappa shape index (κ2) is 6.42. The topological polar surface area (TPSA) is 32.3 Å². The van der Waals surface area contributed by atoms with Gasteiger partial charge in [0.2, 0.25) is 0 Å². The maximum Gasteiger partial charge on any atom is 0.0613 e. The van der Waals surface area contributed by atoms with E-state index in [1.807, 2.05) is 6.07 Å². The van der Waals surface area contributed by atoms with Crippen molar-refractivity contribution in [1.82, 2.24) is 5.32 Å². The summed E-state index contributed by atoms with van der Waals surface area (Å²) >= 11 is 0. The molecule has 0 atom stereocenters. The molecule has 3 rings (SSSR count). The summed E-state index contributed by atoms with van der Waals surface area (Å²) in [6.07, 6.45) is 4.62. The van der Waals surface area contributed by atoms with E-state index in [2.05, 4.69) is 53.8 Å². The van der Waals surface area contributed by atoms with E-state index >= 15 is 0 Å². The van der Waals surface area contributed by atoms with Crippen LogP contribution in [0.1, 0.15) is 31.2 Å². The number of aliphatic hydroxyl groups is 1. The minimum atomic E-state index is -0.0436. The van der Waals surface area contributed by atoms with Gasteiger partial charge >= 0.3 is 0 Å². The molecule has 2 heteroatoms. The quantitative estimate of drug-likeness (QED) is 0.875. The van der Waals surface area contributed by atoms with Crippen molar-refractivity contribution in [2.24, 2.45) is 0 Å². The zero-order valence-electron chi connectivity index (χ0n) is 12.4. The Hall–Kier alpha value is -1.64. The first-order chi connectivity index (χ1) is 10.3. The minimum absolute atomic E-state index is 0.0436. The highest BCUT2D eigenvalue weighted by Gasteiger charge is 2.32. The maximum atomic E-state index is 9.62. The van der Waals surface area contributed by atoms with Crippen LogP contribution in [0.25, 0.3) is 11.1 Å². The van der Waals surface area contributed by atoms with Crippen LogP contribution in [-0.2, 0) is 6.54 Å². The summed E-state index contributed by atoms with van der Waals surface area (Å²) in [4.78, 5) is 0. The third-order valence-corrected chi connectivity index (χ3v) is 4.59. The third kappa shape index (κ3) is 3.34. The van der Waals surface area contributed by atoms with Crippen LogP contribution in [0.5, 0.6) is 0 Å². The van der Waals surface area contributed by atoms with E-state index in [1.54, 1.807) is 0 Å². The summed E-state index contributed by atoms with van der Waals surface area (Å²) in [5, 5.41) is 13.2. The van der Waals surface area contributed by atoms with Crippen molar-refractivity contribution in [1.29, 1.82) is 0 Å². The van der Waals surface area contributed by atoms with Gasteiger partial charge in [-0.25, -0.2) is 0 Å². The molecule has 0 aliphatic heterocycles. The van der Waals surface area contributed by atoms with Crippen LogP contribution >= 0.6 is 0 Å². The molecule has 0 unspecified atom stereocenters. The van der Waals surface area contributed by atoms with Crippen LogP contribution in [0.15, 0.2) is 54.6 Å². The van der Waals surface area contributed by atoms with Crippen molar-refractivity contribution >= 4 is 0 Å². The lowest BCUT2D eigenvalue weighted by atomic mass is 9.98. The number of hydrogen-bond acceptors (Lipinski definition) is 2. The van der Waals surface area contributed by atoms with Gasteiger partial charge in [-0.2, -0.15) is 0 Å². The summed E-state index contributed by atoms with van der Waals surface area (Å²) < 4.78 is 0. The van der Waals surface area contributed by atoms with Gasteiger partial charge in [0.15, 0.2) is 0 Å². The highest BCUT2D eigenvalue weighted by atomic mass is 16.3. The molecule has 21 heavy (non-hydrogen) atoms. The van der Waals surface area contributed by atoms with Gasteiger partial charge < -0.3 is 10.4 Å². The second-order valence-corrected chi connectivity index (χ2v) is 6.06. The Bertz CT molecular complexity index is 556. The molecule has 0 heterocycles. The Balaban J connectivity index is 1.65. The Morgan fingerprint density at radius 1 is 0.857 bits per heavy atom. The second-order valence-electron chi connectivity index (χ2n) is 6.06. The van der Waals surface area contributed by atoms with Crippen LogP contribution in [-0.4, -0.2) is 17.3 Å². The molecule has 0 radical (unpaired) electrons. The lowest BCUT2D eigenvalue weighted by molar-refractivity contribution is 0.163. The van der Waals surface area contributed by atoms with Crippen molar-refractivity contribution in [3.63, 3.8) is 0 Å². The lowest BCUT2D eigenvalue weighted by Gasteiger charge is -2.28. The Labute approximate surface area is 126 Å². The van der Waals surface area contributed by atoms with Crippen molar-refractivity contribution in [2.75, 3.05) is 6.61 Å². The molecule has 2 aromatic rings. The maximum absolute atomic E-state index is 9.62. The zero-order chi connectivity index (χ0) is 14.5. The average molecular weight is 281 g/mol. The first-order valence-corrected chi connectivity index (χ1v) is 7.82. The van der Waals surface area contributed by atoms with Gasteiger partial charge in [-0.15, -0.1) is 0 Å². The SMILES string of the molecule is OCC1(NCc2ccc(-c3ccccc3)cc2)CCCC1. The first-order valence-electron chi connectivity index (χ1n) is 7.82. The average Bonchev–Trinajstić information content (AvgIpc) is 3.04. The number of benzene rings is 2. The molecule has 0 amide bonds. The van der Waals surface area contributed by atoms with Crippen molar-refractivity contribution in [3.8, 4) is 11.1 Å². The highest BCUT2D eigenvalue weighted by molar-refractivity contribution is 5.63. The fraction of sp³-hybridized carbons (Fsp3) is 0.368. The molecule has 2 nitrogen and oxygen atoms in total. The van der Waals surface area contributed by atoms with E-state index in [9.17, 15) is 5.11 Å². The first kappa shape index (κ1) is 14.3. The highest BCUT2D eigenvalue weighted by Crippen LogP contribution is 2.29. The zero-order valence-corrected chi connectivity index (χ0v) is 12.4. The van der Waals surface area contributed by atoms with Gasteiger partial charge in [-0.1, -0.05) is 67.4 Å². The standard InChI is InChI=1S/C19H23NO/c21-15-19(12-4-5-13-19)20-14-16-8-10-18(11-9-16)17-6-2-1-3-7-17/h1-3,6-11,20-21H,4-5,12-15H2. The summed E-state index contributed by atoms with van der Waals surface area (Å²) in [5.74, 6) is 0. The van der Waals surface area contributed by atoms with Crippen LogP contribution in [0, 0.1) is 0 Å². The van der Waals surface area contributed by atoms with Crippen molar-refractivity contribution in [2.45, 2.75) is 37.8 Å². The van der Waals surface area contributed by atoms with E-state index < -0.39 is 0 Å². The molecule has 0 spiro atoms.